The van der Waals surface area contributed by atoms with E-state index >= 15 is 0 Å². The first kappa shape index (κ1) is 19.7. The molecule has 2 atom stereocenters. The van der Waals surface area contributed by atoms with Crippen molar-refractivity contribution in [3.63, 3.8) is 0 Å². The van der Waals surface area contributed by atoms with Gasteiger partial charge >= 0.3 is 0 Å². The molecule has 5 rings (SSSR count). The van der Waals surface area contributed by atoms with E-state index < -0.39 is 0 Å². The van der Waals surface area contributed by atoms with Gasteiger partial charge < -0.3 is 15.0 Å². The van der Waals surface area contributed by atoms with Gasteiger partial charge in [-0.15, -0.1) is 0 Å². The average Bonchev–Trinajstić information content (AvgIpc) is 3.34. The monoisotopic (exact) mass is 420 g/mol. The smallest absolute Gasteiger partial charge is 0.227 e. The molecule has 8 heteroatoms. The summed E-state index contributed by atoms with van der Waals surface area (Å²) < 4.78 is 20.3. The second-order valence-corrected chi connectivity index (χ2v) is 8.01. The number of ether oxygens (including phenoxy) is 1. The van der Waals surface area contributed by atoms with Crippen LogP contribution in [0.1, 0.15) is 13.3 Å². The first-order valence-electron chi connectivity index (χ1n) is 10.6. The Labute approximate surface area is 180 Å². The summed E-state index contributed by atoms with van der Waals surface area (Å²) in [5.74, 6) is 0.750. The van der Waals surface area contributed by atoms with Crippen LogP contribution in [0.4, 0.5) is 21.7 Å². The molecule has 2 aliphatic rings. The van der Waals surface area contributed by atoms with E-state index in [9.17, 15) is 4.39 Å². The normalized spacial score (nSPS) is 20.3. The number of nitrogens with one attached hydrogen (secondary N) is 1. The molecular formula is C23H25FN6O. The molecule has 2 aliphatic heterocycles. The van der Waals surface area contributed by atoms with Crippen molar-refractivity contribution in [3.05, 3.63) is 54.6 Å². The lowest BCUT2D eigenvalue weighted by atomic mass is 10.2. The number of fused-ring (bicyclic) bond motifs is 2. The van der Waals surface area contributed by atoms with Crippen LogP contribution >= 0.6 is 0 Å². The van der Waals surface area contributed by atoms with Gasteiger partial charge in [0.1, 0.15) is 5.82 Å². The van der Waals surface area contributed by atoms with Crippen LogP contribution in [0, 0.1) is 5.82 Å². The van der Waals surface area contributed by atoms with Gasteiger partial charge in [-0.2, -0.15) is 0 Å². The van der Waals surface area contributed by atoms with E-state index in [0.29, 0.717) is 41.9 Å². The van der Waals surface area contributed by atoms with Crippen molar-refractivity contribution in [1.29, 1.82) is 0 Å². The molecule has 1 N–H and O–H groups in total. The van der Waals surface area contributed by atoms with Gasteiger partial charge in [0.05, 0.1) is 18.0 Å². The zero-order valence-corrected chi connectivity index (χ0v) is 17.6. The molecule has 31 heavy (non-hydrogen) atoms. The summed E-state index contributed by atoms with van der Waals surface area (Å²) in [6, 6.07) is 11.7. The van der Waals surface area contributed by atoms with Crippen molar-refractivity contribution < 1.29 is 9.13 Å². The average molecular weight is 420 g/mol. The number of halogens is 1. The van der Waals surface area contributed by atoms with Gasteiger partial charge in [0.25, 0.3) is 0 Å². The van der Waals surface area contributed by atoms with Gasteiger partial charge in [0.2, 0.25) is 11.8 Å². The number of aromatic nitrogens is 3. The number of piperazine rings is 1. The maximum absolute atomic E-state index is 14.9. The molecule has 2 fully saturated rings. The predicted molar refractivity (Wildman–Crippen MR) is 118 cm³/mol. The Morgan fingerprint density at radius 2 is 2.03 bits per heavy atom. The van der Waals surface area contributed by atoms with Crippen LogP contribution in [0.15, 0.2) is 48.8 Å². The van der Waals surface area contributed by atoms with Gasteiger partial charge in [-0.25, -0.2) is 19.3 Å². The fourth-order valence-corrected chi connectivity index (χ4v) is 4.45. The number of likely N-dealkylation sites (N-methyl/N-ethyl adjacent to an activating group) is 1. The highest BCUT2D eigenvalue weighted by atomic mass is 19.1. The van der Waals surface area contributed by atoms with Crippen molar-refractivity contribution in [3.8, 4) is 17.1 Å². The van der Waals surface area contributed by atoms with Crippen LogP contribution in [-0.2, 0) is 0 Å². The Kier molecular flexibility index (Phi) is 5.15. The Balaban J connectivity index is 1.31. The highest BCUT2D eigenvalue weighted by molar-refractivity contribution is 5.64. The van der Waals surface area contributed by atoms with Gasteiger partial charge in [0.15, 0.2) is 0 Å². The Morgan fingerprint density at radius 3 is 2.71 bits per heavy atom. The molecule has 0 amide bonds. The Bertz CT molecular complexity index is 1070. The number of rotatable bonds is 6. The van der Waals surface area contributed by atoms with Crippen LogP contribution < -0.4 is 15.0 Å². The molecule has 160 valence electrons. The summed E-state index contributed by atoms with van der Waals surface area (Å²) in [5.41, 5.74) is 2.86. The fourth-order valence-electron chi connectivity index (χ4n) is 4.45. The third-order valence-electron chi connectivity index (χ3n) is 6.01. The first-order chi connectivity index (χ1) is 15.1. The molecule has 2 saturated heterocycles. The molecule has 7 nitrogen and oxygen atoms in total. The summed E-state index contributed by atoms with van der Waals surface area (Å²) in [5, 5.41) is 3.11. The summed E-state index contributed by atoms with van der Waals surface area (Å²) in [7, 11) is 2.14. The van der Waals surface area contributed by atoms with Crippen molar-refractivity contribution in [1.82, 2.24) is 19.9 Å². The van der Waals surface area contributed by atoms with Crippen molar-refractivity contribution in [2.75, 3.05) is 37.0 Å². The molecule has 1 aromatic carbocycles. The molecule has 0 spiro atoms. The predicted octanol–water partition coefficient (Wildman–Crippen LogP) is 3.71. The van der Waals surface area contributed by atoms with Gasteiger partial charge in [-0.05, 0) is 50.7 Å². The maximum atomic E-state index is 14.9. The highest BCUT2D eigenvalue weighted by Crippen LogP contribution is 2.35. The molecule has 0 aliphatic carbocycles. The van der Waals surface area contributed by atoms with Crippen LogP contribution in [0.25, 0.3) is 11.3 Å². The lowest BCUT2D eigenvalue weighted by Gasteiger charge is -2.33. The van der Waals surface area contributed by atoms with Crippen LogP contribution in [-0.4, -0.2) is 58.7 Å². The minimum atomic E-state index is -0.230. The minimum Gasteiger partial charge on any atom is -0.478 e. The molecule has 3 aromatic rings. The van der Waals surface area contributed by atoms with E-state index in [0.717, 1.165) is 30.8 Å². The van der Waals surface area contributed by atoms with E-state index in [4.69, 9.17) is 4.74 Å². The Hall–Kier alpha value is -3.26. The SMILES string of the molecule is CCOc1ccc(-c2ccnc(Nc3ccc(N4CC5CC4CN5C)c(F)c3)n2)cn1. The number of hydrogen-bond acceptors (Lipinski definition) is 7. The van der Waals surface area contributed by atoms with E-state index in [1.165, 1.54) is 6.07 Å². The first-order valence-corrected chi connectivity index (χ1v) is 10.6. The third kappa shape index (κ3) is 3.90. The summed E-state index contributed by atoms with van der Waals surface area (Å²) in [4.78, 5) is 17.6. The quantitative estimate of drug-likeness (QED) is 0.652. The van der Waals surface area contributed by atoms with Crippen LogP contribution in [0.2, 0.25) is 0 Å². The van der Waals surface area contributed by atoms with Crippen molar-refractivity contribution in [2.45, 2.75) is 25.4 Å². The number of benzene rings is 1. The number of hydrogen-bond donors (Lipinski definition) is 1. The third-order valence-corrected chi connectivity index (χ3v) is 6.01. The van der Waals surface area contributed by atoms with Crippen LogP contribution in [0.3, 0.4) is 0 Å². The van der Waals surface area contributed by atoms with E-state index in [1.807, 2.05) is 37.3 Å². The van der Waals surface area contributed by atoms with E-state index in [2.05, 4.69) is 37.1 Å². The minimum absolute atomic E-state index is 0.230. The molecule has 0 saturated carbocycles. The molecule has 4 heterocycles. The van der Waals surface area contributed by atoms with E-state index in [1.54, 1.807) is 12.4 Å². The zero-order valence-electron chi connectivity index (χ0n) is 17.6. The summed E-state index contributed by atoms with van der Waals surface area (Å²) in [6.07, 6.45) is 4.49. The molecular weight excluding hydrogens is 395 g/mol. The number of likely N-dealkylation sites (tertiary alicyclic amines) is 1. The number of nitrogens with zero attached hydrogens (tertiary/aromatic N) is 5. The van der Waals surface area contributed by atoms with Crippen LogP contribution in [0.5, 0.6) is 5.88 Å². The molecule has 2 unspecified atom stereocenters. The number of pyridine rings is 1. The topological polar surface area (TPSA) is 66.4 Å². The number of anilines is 3. The molecule has 2 bridgehead atoms. The highest BCUT2D eigenvalue weighted by Gasteiger charge is 2.42. The Morgan fingerprint density at radius 1 is 1.13 bits per heavy atom. The van der Waals surface area contributed by atoms with Gasteiger partial charge in [-0.1, -0.05) is 0 Å². The summed E-state index contributed by atoms with van der Waals surface area (Å²) >= 11 is 0. The maximum Gasteiger partial charge on any atom is 0.227 e. The zero-order chi connectivity index (χ0) is 21.4. The van der Waals surface area contributed by atoms with Gasteiger partial charge in [-0.3, -0.25) is 4.90 Å². The largest absolute Gasteiger partial charge is 0.478 e. The lowest BCUT2D eigenvalue weighted by molar-refractivity contribution is 0.292. The second kappa shape index (κ2) is 8.11. The van der Waals surface area contributed by atoms with Crippen molar-refractivity contribution >= 4 is 17.3 Å². The lowest BCUT2D eigenvalue weighted by Crippen LogP contribution is -2.44. The molecule has 2 aromatic heterocycles. The second-order valence-electron chi connectivity index (χ2n) is 8.01. The van der Waals surface area contributed by atoms with Crippen molar-refractivity contribution in [2.24, 2.45) is 0 Å². The summed E-state index contributed by atoms with van der Waals surface area (Å²) in [6.45, 7) is 4.36. The van der Waals surface area contributed by atoms with E-state index in [-0.39, 0.29) is 5.82 Å². The standard InChI is InChI=1S/C23H25FN6O/c1-3-31-22-7-4-15(12-26-22)20-8-9-25-23(28-20)27-16-5-6-21(19(24)10-16)30-14-17-11-18(30)13-29(17)2/h4-10,12,17-18H,3,11,13-14H2,1-2H3,(H,25,27,28). The fraction of sp³-hybridized carbons (Fsp3) is 0.348. The van der Waals surface area contributed by atoms with Gasteiger partial charge in [0, 0.05) is 54.9 Å². The molecule has 0 radical (unpaired) electrons.